The third-order valence-electron chi connectivity index (χ3n) is 3.66. The van der Waals surface area contributed by atoms with Crippen LogP contribution in [0.2, 0.25) is 0 Å². The van der Waals surface area contributed by atoms with Gasteiger partial charge in [0.1, 0.15) is 5.82 Å². The van der Waals surface area contributed by atoms with Crippen molar-refractivity contribution >= 4 is 16.7 Å². The monoisotopic (exact) mass is 254 g/mol. The fraction of sp³-hybridized carbons (Fsp3) is 0.267. The number of rotatable bonds is 2. The molecular weight excluding hydrogens is 236 g/mol. The fourth-order valence-electron chi connectivity index (χ4n) is 2.66. The number of nitrogens with two attached hydrogens (primary N) is 1. The summed E-state index contributed by atoms with van der Waals surface area (Å²) >= 11 is 0. The molecule has 2 N–H and O–H groups in total. The molecule has 0 amide bonds. The average Bonchev–Trinajstić information content (AvgIpc) is 2.91. The van der Waals surface area contributed by atoms with Gasteiger partial charge in [0, 0.05) is 37.3 Å². The van der Waals surface area contributed by atoms with E-state index in [1.165, 1.54) is 16.5 Å². The number of para-hydroxylation sites is 1. The van der Waals surface area contributed by atoms with Crippen molar-refractivity contribution in [2.75, 3.05) is 5.73 Å². The van der Waals surface area contributed by atoms with Crippen LogP contribution in [0.3, 0.4) is 0 Å². The normalized spacial score (nSPS) is 11.3. The maximum Gasteiger partial charge on any atom is 0.121 e. The van der Waals surface area contributed by atoms with E-state index in [1.807, 2.05) is 13.1 Å². The molecule has 0 atom stereocenters. The highest BCUT2D eigenvalue weighted by Crippen LogP contribution is 2.32. The van der Waals surface area contributed by atoms with E-state index in [0.717, 1.165) is 17.7 Å². The largest absolute Gasteiger partial charge is 0.384 e. The zero-order valence-corrected chi connectivity index (χ0v) is 11.5. The summed E-state index contributed by atoms with van der Waals surface area (Å²) in [4.78, 5) is 0. The van der Waals surface area contributed by atoms with Crippen molar-refractivity contribution in [3.05, 3.63) is 36.0 Å². The molecule has 19 heavy (non-hydrogen) atoms. The molecule has 0 bridgehead atoms. The number of hydrogen-bond donors (Lipinski definition) is 1. The van der Waals surface area contributed by atoms with Gasteiger partial charge in [-0.2, -0.15) is 5.10 Å². The second kappa shape index (κ2) is 4.16. The van der Waals surface area contributed by atoms with Crippen LogP contribution in [0.4, 0.5) is 5.82 Å². The smallest absolute Gasteiger partial charge is 0.121 e. The van der Waals surface area contributed by atoms with Gasteiger partial charge in [0.05, 0.1) is 11.2 Å². The van der Waals surface area contributed by atoms with Gasteiger partial charge in [-0.1, -0.05) is 25.1 Å². The maximum absolute atomic E-state index is 5.88. The lowest BCUT2D eigenvalue weighted by atomic mass is 10.1. The van der Waals surface area contributed by atoms with Gasteiger partial charge in [-0.25, -0.2) is 0 Å². The minimum Gasteiger partial charge on any atom is -0.384 e. The summed E-state index contributed by atoms with van der Waals surface area (Å²) in [7, 11) is 3.94. The Bertz CT molecular complexity index is 729. The number of anilines is 1. The van der Waals surface area contributed by atoms with E-state index in [2.05, 4.69) is 48.0 Å². The molecule has 2 heterocycles. The summed E-state index contributed by atoms with van der Waals surface area (Å²) in [5.74, 6) is 0.679. The second-order valence-electron chi connectivity index (χ2n) is 4.90. The van der Waals surface area contributed by atoms with Gasteiger partial charge in [-0.15, -0.1) is 0 Å². The van der Waals surface area contributed by atoms with Crippen LogP contribution in [0.25, 0.3) is 22.2 Å². The van der Waals surface area contributed by atoms with E-state index < -0.39 is 0 Å². The van der Waals surface area contributed by atoms with Crippen LogP contribution in [-0.2, 0) is 20.5 Å². The maximum atomic E-state index is 5.88. The summed E-state index contributed by atoms with van der Waals surface area (Å²) < 4.78 is 3.88. The molecule has 2 aromatic heterocycles. The number of aromatic nitrogens is 3. The van der Waals surface area contributed by atoms with Gasteiger partial charge >= 0.3 is 0 Å². The van der Waals surface area contributed by atoms with Crippen LogP contribution in [0.1, 0.15) is 12.5 Å². The Labute approximate surface area is 112 Å². The lowest BCUT2D eigenvalue weighted by Crippen LogP contribution is -1.96. The molecule has 0 spiro atoms. The molecule has 3 rings (SSSR count). The molecule has 3 aromatic rings. The number of benzene rings is 1. The summed E-state index contributed by atoms with van der Waals surface area (Å²) in [6, 6.07) is 8.36. The zero-order valence-electron chi connectivity index (χ0n) is 11.5. The highest BCUT2D eigenvalue weighted by molar-refractivity contribution is 5.97. The molecule has 0 aliphatic carbocycles. The van der Waals surface area contributed by atoms with E-state index in [-0.39, 0.29) is 0 Å². The van der Waals surface area contributed by atoms with E-state index in [9.17, 15) is 0 Å². The Kier molecular flexibility index (Phi) is 2.59. The molecule has 4 nitrogen and oxygen atoms in total. The number of aryl methyl sites for hydroxylation is 3. The van der Waals surface area contributed by atoms with Gasteiger partial charge in [-0.05, 0) is 12.0 Å². The Balaban J connectivity index is 2.31. The molecule has 98 valence electrons. The lowest BCUT2D eigenvalue weighted by molar-refractivity contribution is 0.782. The predicted molar refractivity (Wildman–Crippen MR) is 78.9 cm³/mol. The first-order chi connectivity index (χ1) is 9.11. The number of nitrogen functional groups attached to an aromatic ring is 1. The molecule has 0 aliphatic rings. The highest BCUT2D eigenvalue weighted by atomic mass is 15.3. The number of nitrogens with zero attached hydrogens (tertiary/aromatic N) is 3. The van der Waals surface area contributed by atoms with E-state index in [4.69, 9.17) is 5.73 Å². The highest BCUT2D eigenvalue weighted by Gasteiger charge is 2.13. The third kappa shape index (κ3) is 1.71. The van der Waals surface area contributed by atoms with Crippen molar-refractivity contribution in [3.8, 4) is 11.3 Å². The summed E-state index contributed by atoms with van der Waals surface area (Å²) in [5.41, 5.74) is 10.6. The average molecular weight is 254 g/mol. The van der Waals surface area contributed by atoms with Gasteiger partial charge in [0.15, 0.2) is 0 Å². The molecule has 0 fully saturated rings. The van der Waals surface area contributed by atoms with Crippen molar-refractivity contribution < 1.29 is 0 Å². The number of fused-ring (bicyclic) bond motifs is 1. The van der Waals surface area contributed by atoms with Crippen LogP contribution in [0.5, 0.6) is 0 Å². The van der Waals surface area contributed by atoms with Gasteiger partial charge in [0.25, 0.3) is 0 Å². The number of hydrogen-bond acceptors (Lipinski definition) is 2. The van der Waals surface area contributed by atoms with Crippen molar-refractivity contribution in [2.45, 2.75) is 13.3 Å². The first-order valence-corrected chi connectivity index (χ1v) is 6.48. The SMILES string of the molecule is CCc1cccc2c(-c3cc(N)n(C)n3)cn(C)c12. The van der Waals surface area contributed by atoms with Gasteiger partial charge in [-0.3, -0.25) is 4.68 Å². The fourth-order valence-corrected chi connectivity index (χ4v) is 2.66. The molecule has 0 aliphatic heterocycles. The molecule has 0 saturated carbocycles. The topological polar surface area (TPSA) is 48.8 Å². The van der Waals surface area contributed by atoms with E-state index >= 15 is 0 Å². The zero-order chi connectivity index (χ0) is 13.6. The van der Waals surface area contributed by atoms with Crippen molar-refractivity contribution in [2.24, 2.45) is 14.1 Å². The van der Waals surface area contributed by atoms with Crippen molar-refractivity contribution in [1.82, 2.24) is 14.3 Å². The molecule has 1 aromatic carbocycles. The first kappa shape index (κ1) is 11.8. The van der Waals surface area contributed by atoms with E-state index in [1.54, 1.807) is 4.68 Å². The molecule has 0 unspecified atom stereocenters. The molecule has 0 saturated heterocycles. The lowest BCUT2D eigenvalue weighted by Gasteiger charge is -2.02. The minimum absolute atomic E-state index is 0.679. The van der Waals surface area contributed by atoms with Crippen LogP contribution in [0, 0.1) is 0 Å². The summed E-state index contributed by atoms with van der Waals surface area (Å²) in [5, 5.41) is 5.71. The van der Waals surface area contributed by atoms with Crippen molar-refractivity contribution in [1.29, 1.82) is 0 Å². The third-order valence-corrected chi connectivity index (χ3v) is 3.66. The Hall–Kier alpha value is -2.23. The Morgan fingerprint density at radius 3 is 2.68 bits per heavy atom. The quantitative estimate of drug-likeness (QED) is 0.764. The predicted octanol–water partition coefficient (Wildman–Crippen LogP) is 2.72. The first-order valence-electron chi connectivity index (χ1n) is 6.48. The Morgan fingerprint density at radius 1 is 1.26 bits per heavy atom. The second-order valence-corrected chi connectivity index (χ2v) is 4.90. The van der Waals surface area contributed by atoms with Gasteiger partial charge < -0.3 is 10.3 Å². The van der Waals surface area contributed by atoms with Crippen LogP contribution in [0.15, 0.2) is 30.5 Å². The Morgan fingerprint density at radius 2 is 2.05 bits per heavy atom. The van der Waals surface area contributed by atoms with Crippen molar-refractivity contribution in [3.63, 3.8) is 0 Å². The van der Waals surface area contributed by atoms with Gasteiger partial charge in [0.2, 0.25) is 0 Å². The van der Waals surface area contributed by atoms with Crippen LogP contribution < -0.4 is 5.73 Å². The summed E-state index contributed by atoms with van der Waals surface area (Å²) in [6.07, 6.45) is 3.16. The molecular formula is C15H18N4. The summed E-state index contributed by atoms with van der Waals surface area (Å²) in [6.45, 7) is 2.18. The van der Waals surface area contributed by atoms with Crippen LogP contribution in [-0.4, -0.2) is 14.3 Å². The minimum atomic E-state index is 0.679. The molecule has 0 radical (unpaired) electrons. The van der Waals surface area contributed by atoms with Crippen LogP contribution >= 0.6 is 0 Å². The van der Waals surface area contributed by atoms with E-state index in [0.29, 0.717) is 5.82 Å². The standard InChI is InChI=1S/C15H18N4/c1-4-10-6-5-7-11-12(9-18(2)15(10)11)13-8-14(16)19(3)17-13/h5-9H,4,16H2,1-3H3. The molecule has 4 heteroatoms.